The third-order valence-corrected chi connectivity index (χ3v) is 3.89. The van der Waals surface area contributed by atoms with Crippen LogP contribution in [0, 0.1) is 0 Å². The van der Waals surface area contributed by atoms with Crippen LogP contribution in [-0.4, -0.2) is 17.0 Å². The largest absolute Gasteiger partial charge is 0.860 e. The van der Waals surface area contributed by atoms with E-state index in [1.807, 2.05) is 75.1 Å². The van der Waals surface area contributed by atoms with Crippen molar-refractivity contribution in [2.24, 2.45) is 0 Å². The van der Waals surface area contributed by atoms with Crippen LogP contribution in [0.25, 0.3) is 5.57 Å². The van der Waals surface area contributed by atoms with Gasteiger partial charge in [-0.25, -0.2) is 0 Å². The van der Waals surface area contributed by atoms with Crippen molar-refractivity contribution in [3.8, 4) is 0 Å². The first-order valence-electron chi connectivity index (χ1n) is 7.26. The van der Waals surface area contributed by atoms with Gasteiger partial charge in [0.25, 0.3) is 0 Å². The fourth-order valence-corrected chi connectivity index (χ4v) is 2.96. The van der Waals surface area contributed by atoms with Crippen LogP contribution in [0.2, 0.25) is 5.02 Å². The molecule has 2 rings (SSSR count). The number of hydrogen-bond acceptors (Lipinski definition) is 2. The van der Waals surface area contributed by atoms with Gasteiger partial charge in [-0.15, -0.1) is 0 Å². The van der Waals surface area contributed by atoms with Crippen LogP contribution < -0.4 is 5.11 Å². The van der Waals surface area contributed by atoms with E-state index in [0.717, 1.165) is 11.1 Å². The van der Waals surface area contributed by atoms with Crippen LogP contribution in [0.3, 0.4) is 0 Å². The quantitative estimate of drug-likeness (QED) is 0.786. The lowest BCUT2D eigenvalue weighted by Crippen LogP contribution is -2.41. The number of allylic oxidation sites excluding steroid dienone is 5. The van der Waals surface area contributed by atoms with Gasteiger partial charge in [-0.2, -0.15) is 0 Å². The maximum Gasteiger partial charge on any atom is 0.0484 e. The molecule has 1 aliphatic carbocycles. The van der Waals surface area contributed by atoms with Crippen molar-refractivity contribution >= 4 is 17.2 Å². The van der Waals surface area contributed by atoms with Crippen LogP contribution in [0.4, 0.5) is 0 Å². The van der Waals surface area contributed by atoms with E-state index in [-0.39, 0.29) is 18.0 Å². The van der Waals surface area contributed by atoms with Crippen molar-refractivity contribution in [1.82, 2.24) is 4.90 Å². The molecule has 0 saturated carbocycles. The van der Waals surface area contributed by atoms with E-state index >= 15 is 0 Å². The zero-order chi connectivity index (χ0) is 15.6. The molecule has 0 saturated heterocycles. The predicted octanol–water partition coefficient (Wildman–Crippen LogP) is 3.98. The summed E-state index contributed by atoms with van der Waals surface area (Å²) >= 11 is 6.27. The minimum Gasteiger partial charge on any atom is -0.860 e. The highest BCUT2D eigenvalue weighted by Gasteiger charge is 2.18. The van der Waals surface area contributed by atoms with Gasteiger partial charge in [-0.05, 0) is 50.8 Å². The standard InChI is InChI=1S/C18H22ClNO/c1-12(2)20(13(3)4)18(21)16-10-7-9-14(16)15-8-5-6-11-17(15)19/h5-13,21H,1-4H3/p-1/b18-16-. The van der Waals surface area contributed by atoms with Gasteiger partial charge in [0, 0.05) is 22.7 Å². The highest BCUT2D eigenvalue weighted by atomic mass is 35.5. The maximum absolute atomic E-state index is 12.9. The topological polar surface area (TPSA) is 26.3 Å². The Balaban J connectivity index is 2.48. The van der Waals surface area contributed by atoms with Gasteiger partial charge in [0.2, 0.25) is 0 Å². The fourth-order valence-electron chi connectivity index (χ4n) is 2.73. The van der Waals surface area contributed by atoms with Crippen LogP contribution in [0.1, 0.15) is 33.3 Å². The van der Waals surface area contributed by atoms with Crippen LogP contribution >= 0.6 is 11.6 Å². The van der Waals surface area contributed by atoms with Gasteiger partial charge < -0.3 is 10.0 Å². The summed E-state index contributed by atoms with van der Waals surface area (Å²) in [5, 5.41) is 13.5. The molecule has 3 heteroatoms. The number of hydrogen-bond donors (Lipinski definition) is 0. The van der Waals surface area contributed by atoms with Crippen molar-refractivity contribution in [3.05, 3.63) is 64.5 Å². The first kappa shape index (κ1) is 15.7. The molecule has 0 fully saturated rings. The molecule has 1 aliphatic rings. The second-order valence-corrected chi connectivity index (χ2v) is 6.14. The minimum absolute atomic E-state index is 0.0555. The molecule has 0 unspecified atom stereocenters. The number of benzene rings is 1. The Morgan fingerprint density at radius 1 is 1.10 bits per heavy atom. The molecule has 0 atom stereocenters. The van der Waals surface area contributed by atoms with Gasteiger partial charge in [0.15, 0.2) is 0 Å². The molecule has 0 aromatic heterocycles. The van der Waals surface area contributed by atoms with E-state index in [4.69, 9.17) is 11.6 Å². The SMILES string of the molecule is CC(C)N(/C([O-])=C1\C=CC=C1c1ccccc1Cl)C(C)C. The van der Waals surface area contributed by atoms with Crippen LogP contribution in [-0.2, 0) is 0 Å². The Morgan fingerprint density at radius 2 is 1.71 bits per heavy atom. The molecule has 0 aliphatic heterocycles. The fraction of sp³-hybridized carbons (Fsp3) is 0.333. The van der Waals surface area contributed by atoms with E-state index < -0.39 is 0 Å². The van der Waals surface area contributed by atoms with E-state index in [0.29, 0.717) is 10.6 Å². The molecule has 0 amide bonds. The summed E-state index contributed by atoms with van der Waals surface area (Å²) in [5.41, 5.74) is 2.52. The van der Waals surface area contributed by atoms with Gasteiger partial charge >= 0.3 is 0 Å². The molecule has 112 valence electrons. The molecule has 0 radical (unpaired) electrons. The lowest BCUT2D eigenvalue weighted by atomic mass is 10.00. The zero-order valence-corrected chi connectivity index (χ0v) is 13.7. The highest BCUT2D eigenvalue weighted by molar-refractivity contribution is 6.32. The first-order chi connectivity index (χ1) is 9.93. The van der Waals surface area contributed by atoms with Crippen LogP contribution in [0.5, 0.6) is 0 Å². The second kappa shape index (κ2) is 6.40. The average molecular weight is 303 g/mol. The van der Waals surface area contributed by atoms with Gasteiger partial charge in [0.1, 0.15) is 0 Å². The smallest absolute Gasteiger partial charge is 0.0484 e. The molecule has 0 N–H and O–H groups in total. The normalized spacial score (nSPS) is 16.6. The van der Waals surface area contributed by atoms with Crippen molar-refractivity contribution in [3.63, 3.8) is 0 Å². The van der Waals surface area contributed by atoms with E-state index in [2.05, 4.69) is 0 Å². The third kappa shape index (κ3) is 3.16. The summed E-state index contributed by atoms with van der Waals surface area (Å²) in [4.78, 5) is 1.90. The lowest BCUT2D eigenvalue weighted by Gasteiger charge is -2.40. The summed E-state index contributed by atoms with van der Waals surface area (Å²) < 4.78 is 0. The van der Waals surface area contributed by atoms with Gasteiger partial charge in [-0.3, -0.25) is 0 Å². The predicted molar refractivity (Wildman–Crippen MR) is 87.7 cm³/mol. The molecule has 0 bridgehead atoms. The van der Waals surface area contributed by atoms with Gasteiger partial charge in [0.05, 0.1) is 0 Å². The zero-order valence-electron chi connectivity index (χ0n) is 12.9. The van der Waals surface area contributed by atoms with E-state index in [1.54, 1.807) is 0 Å². The van der Waals surface area contributed by atoms with E-state index in [9.17, 15) is 5.11 Å². The molecule has 0 spiro atoms. The molecular weight excluding hydrogens is 282 g/mol. The van der Waals surface area contributed by atoms with Crippen LogP contribution in [0.15, 0.2) is 53.9 Å². The second-order valence-electron chi connectivity index (χ2n) is 5.73. The Hall–Kier alpha value is -1.67. The highest BCUT2D eigenvalue weighted by Crippen LogP contribution is 2.35. The molecule has 2 nitrogen and oxygen atoms in total. The molecular formula is C18H21ClNO-. The summed E-state index contributed by atoms with van der Waals surface area (Å²) in [6.45, 7) is 8.15. The van der Waals surface area contributed by atoms with E-state index in [1.165, 1.54) is 0 Å². The van der Waals surface area contributed by atoms with Crippen molar-refractivity contribution < 1.29 is 5.11 Å². The monoisotopic (exact) mass is 302 g/mol. The minimum atomic E-state index is 0.0555. The Kier molecular flexibility index (Phi) is 4.79. The van der Waals surface area contributed by atoms with Crippen molar-refractivity contribution in [2.75, 3.05) is 0 Å². The Labute approximate surface area is 132 Å². The average Bonchev–Trinajstić information content (AvgIpc) is 2.87. The molecule has 1 aromatic rings. The maximum atomic E-state index is 12.9. The van der Waals surface area contributed by atoms with Gasteiger partial charge in [-0.1, -0.05) is 48.0 Å². The molecule has 1 aromatic carbocycles. The first-order valence-corrected chi connectivity index (χ1v) is 7.64. The molecule has 21 heavy (non-hydrogen) atoms. The summed E-state index contributed by atoms with van der Waals surface area (Å²) in [7, 11) is 0. The summed E-state index contributed by atoms with van der Waals surface area (Å²) in [5.74, 6) is 0.0555. The summed E-state index contributed by atoms with van der Waals surface area (Å²) in [6, 6.07) is 7.94. The number of nitrogens with zero attached hydrogens (tertiary/aromatic N) is 1. The number of rotatable bonds is 4. The lowest BCUT2D eigenvalue weighted by molar-refractivity contribution is -0.338. The Bertz CT molecular complexity index is 603. The van der Waals surface area contributed by atoms with Crippen molar-refractivity contribution in [1.29, 1.82) is 0 Å². The third-order valence-electron chi connectivity index (χ3n) is 3.56. The van der Waals surface area contributed by atoms with Crippen molar-refractivity contribution in [2.45, 2.75) is 39.8 Å². The number of halogens is 1. The summed E-state index contributed by atoms with van der Waals surface area (Å²) in [6.07, 6.45) is 5.73. The molecule has 0 heterocycles. The Morgan fingerprint density at radius 3 is 2.29 bits per heavy atom.